The van der Waals surface area contributed by atoms with Crippen molar-refractivity contribution in [3.8, 4) is 22.6 Å². The van der Waals surface area contributed by atoms with E-state index in [1.54, 1.807) is 0 Å². The molecule has 3 rings (SSSR count). The maximum Gasteiger partial charge on any atom is 0.417 e. The summed E-state index contributed by atoms with van der Waals surface area (Å²) in [7, 11) is 0. The van der Waals surface area contributed by atoms with Gasteiger partial charge in [-0.2, -0.15) is 26.3 Å². The van der Waals surface area contributed by atoms with Gasteiger partial charge in [-0.3, -0.25) is 0 Å². The number of nitrogens with two attached hydrogens (primary N) is 1. The van der Waals surface area contributed by atoms with Crippen LogP contribution in [0.25, 0.3) is 11.1 Å². The third-order valence-electron chi connectivity index (χ3n) is 3.90. The van der Waals surface area contributed by atoms with Gasteiger partial charge in [-0.15, -0.1) is 0 Å². The lowest BCUT2D eigenvalue weighted by Gasteiger charge is -2.28. The van der Waals surface area contributed by atoms with Gasteiger partial charge in [0.25, 0.3) is 0 Å². The second-order valence-electron chi connectivity index (χ2n) is 5.64. The minimum Gasteiger partial charge on any atom is -0.486 e. The maximum absolute atomic E-state index is 13.4. The van der Waals surface area contributed by atoms with Gasteiger partial charge in [-0.25, -0.2) is 0 Å². The zero-order chi connectivity index (χ0) is 19.1. The second-order valence-corrected chi connectivity index (χ2v) is 5.64. The Kier molecular flexibility index (Phi) is 4.51. The SMILES string of the molecule is NC[C@H]1COc2cccc(-c3c(C(F)(F)F)cccc3C(F)(F)F)c2O1. The Morgan fingerprint density at radius 3 is 2.04 bits per heavy atom. The zero-order valence-electron chi connectivity index (χ0n) is 13.1. The zero-order valence-corrected chi connectivity index (χ0v) is 13.1. The monoisotopic (exact) mass is 377 g/mol. The number of alkyl halides is 6. The predicted octanol–water partition coefficient (Wildman–Crippen LogP) is 4.49. The van der Waals surface area contributed by atoms with Gasteiger partial charge in [0, 0.05) is 17.7 Å². The van der Waals surface area contributed by atoms with Gasteiger partial charge in [0.15, 0.2) is 11.5 Å². The van der Waals surface area contributed by atoms with Crippen molar-refractivity contribution in [3.05, 3.63) is 47.5 Å². The summed E-state index contributed by atoms with van der Waals surface area (Å²) in [5, 5.41) is 0. The molecule has 2 aromatic carbocycles. The highest BCUT2D eigenvalue weighted by atomic mass is 19.4. The summed E-state index contributed by atoms with van der Waals surface area (Å²) in [6.45, 7) is 0.0564. The summed E-state index contributed by atoms with van der Waals surface area (Å²) in [4.78, 5) is 0. The average molecular weight is 377 g/mol. The number of halogens is 6. The largest absolute Gasteiger partial charge is 0.486 e. The molecular weight excluding hydrogens is 364 g/mol. The van der Waals surface area contributed by atoms with Crippen molar-refractivity contribution in [2.45, 2.75) is 18.5 Å². The first-order valence-electron chi connectivity index (χ1n) is 7.53. The lowest BCUT2D eigenvalue weighted by atomic mass is 9.92. The van der Waals surface area contributed by atoms with Crippen molar-refractivity contribution in [1.82, 2.24) is 0 Å². The summed E-state index contributed by atoms with van der Waals surface area (Å²) in [6.07, 6.45) is -10.6. The quantitative estimate of drug-likeness (QED) is 0.785. The molecule has 1 aliphatic rings. The molecule has 1 heterocycles. The second kappa shape index (κ2) is 6.39. The Balaban J connectivity index is 2.31. The Bertz CT molecular complexity index is 784. The molecule has 0 bridgehead atoms. The fourth-order valence-electron chi connectivity index (χ4n) is 2.76. The standard InChI is InChI=1S/C17H13F6NO2/c18-16(19,20)11-4-2-5-12(17(21,22)23)14(11)10-3-1-6-13-15(10)26-9(7-24)8-25-13/h1-6,9H,7-8,24H2/t9-/m0/s1. The number of hydrogen-bond donors (Lipinski definition) is 1. The lowest BCUT2D eigenvalue weighted by Crippen LogP contribution is -2.36. The number of ether oxygens (including phenoxy) is 2. The summed E-state index contributed by atoms with van der Waals surface area (Å²) in [5.74, 6) is -0.117. The van der Waals surface area contributed by atoms with E-state index in [1.165, 1.54) is 12.1 Å². The molecule has 9 heteroatoms. The van der Waals surface area contributed by atoms with Gasteiger partial charge in [0.2, 0.25) is 0 Å². The summed E-state index contributed by atoms with van der Waals surface area (Å²) < 4.78 is 91.4. The molecule has 3 nitrogen and oxygen atoms in total. The van der Waals surface area contributed by atoms with Crippen molar-refractivity contribution in [2.75, 3.05) is 13.2 Å². The number of benzene rings is 2. The van der Waals surface area contributed by atoms with E-state index >= 15 is 0 Å². The predicted molar refractivity (Wildman–Crippen MR) is 80.8 cm³/mol. The molecular formula is C17H13F6NO2. The first kappa shape index (κ1) is 18.4. The van der Waals surface area contributed by atoms with Gasteiger partial charge in [0.05, 0.1) is 11.1 Å². The minimum atomic E-state index is -4.98. The van der Waals surface area contributed by atoms with E-state index < -0.39 is 35.1 Å². The molecule has 0 fully saturated rings. The molecule has 0 radical (unpaired) electrons. The van der Waals surface area contributed by atoms with Crippen molar-refractivity contribution >= 4 is 0 Å². The smallest absolute Gasteiger partial charge is 0.417 e. The van der Waals surface area contributed by atoms with E-state index in [9.17, 15) is 26.3 Å². The third-order valence-corrected chi connectivity index (χ3v) is 3.90. The van der Waals surface area contributed by atoms with E-state index in [1.807, 2.05) is 0 Å². The van der Waals surface area contributed by atoms with Crippen LogP contribution in [0, 0.1) is 0 Å². The molecule has 0 saturated heterocycles. The van der Waals surface area contributed by atoms with E-state index in [2.05, 4.69) is 0 Å². The highest BCUT2D eigenvalue weighted by Crippen LogP contribution is 2.49. The number of fused-ring (bicyclic) bond motifs is 1. The van der Waals surface area contributed by atoms with Crippen molar-refractivity contribution in [1.29, 1.82) is 0 Å². The van der Waals surface area contributed by atoms with E-state index in [0.29, 0.717) is 12.1 Å². The molecule has 0 saturated carbocycles. The Morgan fingerprint density at radius 1 is 0.923 bits per heavy atom. The topological polar surface area (TPSA) is 44.5 Å². The lowest BCUT2D eigenvalue weighted by molar-refractivity contribution is -0.142. The average Bonchev–Trinajstić information content (AvgIpc) is 2.58. The van der Waals surface area contributed by atoms with E-state index in [4.69, 9.17) is 15.2 Å². The van der Waals surface area contributed by atoms with Crippen LogP contribution in [0.1, 0.15) is 11.1 Å². The molecule has 0 aromatic heterocycles. The molecule has 26 heavy (non-hydrogen) atoms. The fraction of sp³-hybridized carbons (Fsp3) is 0.294. The molecule has 0 unspecified atom stereocenters. The van der Waals surface area contributed by atoms with Crippen molar-refractivity contribution < 1.29 is 35.8 Å². The van der Waals surface area contributed by atoms with Crippen LogP contribution in [-0.2, 0) is 12.4 Å². The van der Waals surface area contributed by atoms with Crippen LogP contribution in [0.4, 0.5) is 26.3 Å². The van der Waals surface area contributed by atoms with Crippen molar-refractivity contribution in [3.63, 3.8) is 0 Å². The highest BCUT2D eigenvalue weighted by Gasteiger charge is 2.42. The number of rotatable bonds is 2. The van der Waals surface area contributed by atoms with Crippen LogP contribution in [0.3, 0.4) is 0 Å². The van der Waals surface area contributed by atoms with Crippen LogP contribution in [0.15, 0.2) is 36.4 Å². The van der Waals surface area contributed by atoms with Crippen LogP contribution >= 0.6 is 0 Å². The van der Waals surface area contributed by atoms with Crippen molar-refractivity contribution in [2.24, 2.45) is 5.73 Å². The summed E-state index contributed by atoms with van der Waals surface area (Å²) >= 11 is 0. The van der Waals surface area contributed by atoms with Gasteiger partial charge in [-0.1, -0.05) is 18.2 Å². The van der Waals surface area contributed by atoms with Crippen LogP contribution < -0.4 is 15.2 Å². The summed E-state index contributed by atoms with van der Waals surface area (Å²) in [6, 6.07) is 5.80. The third kappa shape index (κ3) is 3.31. The fourth-order valence-corrected chi connectivity index (χ4v) is 2.76. The number of hydrogen-bond acceptors (Lipinski definition) is 3. The molecule has 1 aliphatic heterocycles. The molecule has 2 N–H and O–H groups in total. The Hall–Kier alpha value is -2.42. The molecule has 140 valence electrons. The van der Waals surface area contributed by atoms with E-state index in [0.717, 1.165) is 12.1 Å². The minimum absolute atomic E-state index is 0.000813. The first-order valence-corrected chi connectivity index (χ1v) is 7.53. The van der Waals surface area contributed by atoms with E-state index in [-0.39, 0.29) is 30.2 Å². The van der Waals surface area contributed by atoms with Gasteiger partial charge >= 0.3 is 12.4 Å². The first-order chi connectivity index (χ1) is 12.1. The molecule has 0 amide bonds. The number of para-hydroxylation sites is 1. The van der Waals surface area contributed by atoms with Crippen LogP contribution in [0.5, 0.6) is 11.5 Å². The normalized spacial score (nSPS) is 17.3. The Morgan fingerprint density at radius 2 is 1.50 bits per heavy atom. The molecule has 2 aromatic rings. The van der Waals surface area contributed by atoms with Gasteiger partial charge in [0.1, 0.15) is 12.7 Å². The van der Waals surface area contributed by atoms with Crippen LogP contribution in [-0.4, -0.2) is 19.3 Å². The maximum atomic E-state index is 13.4. The summed E-state index contributed by atoms with van der Waals surface area (Å²) in [5.41, 5.74) is 1.33. The molecule has 1 atom stereocenters. The molecule has 0 spiro atoms. The van der Waals surface area contributed by atoms with Crippen LogP contribution in [0.2, 0.25) is 0 Å². The van der Waals surface area contributed by atoms with Gasteiger partial charge in [-0.05, 0) is 18.2 Å². The Labute approximate surface area is 144 Å². The highest BCUT2D eigenvalue weighted by molar-refractivity contribution is 5.80. The molecule has 0 aliphatic carbocycles. The van der Waals surface area contributed by atoms with Gasteiger partial charge < -0.3 is 15.2 Å².